The van der Waals surface area contributed by atoms with Crippen LogP contribution in [0.15, 0.2) is 33.3 Å². The maximum atomic E-state index is 12.4. The van der Waals surface area contributed by atoms with Crippen molar-refractivity contribution in [2.75, 3.05) is 13.2 Å². The Balaban J connectivity index is 1.49. The van der Waals surface area contributed by atoms with Crippen molar-refractivity contribution in [3.63, 3.8) is 0 Å². The number of nitrogens with zero attached hydrogens (tertiary/aromatic N) is 2. The predicted octanol–water partition coefficient (Wildman–Crippen LogP) is 3.19. The van der Waals surface area contributed by atoms with E-state index in [1.165, 1.54) is 11.3 Å². The number of halogens is 1. The summed E-state index contributed by atoms with van der Waals surface area (Å²) < 4.78 is 11.4. The second kappa shape index (κ2) is 5.98. The molecule has 0 unspecified atom stereocenters. The van der Waals surface area contributed by atoms with E-state index in [9.17, 15) is 4.79 Å². The minimum absolute atomic E-state index is 0.0344. The molecule has 0 aliphatic carbocycles. The topological polar surface area (TPSA) is 71.4 Å². The minimum atomic E-state index is -0.0503. The Hall–Kier alpha value is -2.28. The van der Waals surface area contributed by atoms with Crippen LogP contribution in [0.25, 0.3) is 10.9 Å². The summed E-state index contributed by atoms with van der Waals surface area (Å²) in [4.78, 5) is 17.7. The first-order chi connectivity index (χ1) is 11.6. The normalized spacial score (nSPS) is 14.0. The average molecular weight is 390 g/mol. The van der Waals surface area contributed by atoms with Crippen LogP contribution in [0, 0.1) is 6.92 Å². The molecule has 0 bridgehead atoms. The maximum Gasteiger partial charge on any atom is 0.260 e. The van der Waals surface area contributed by atoms with Gasteiger partial charge < -0.3 is 19.1 Å². The second-order valence-corrected chi connectivity index (χ2v) is 6.82. The zero-order chi connectivity index (χ0) is 16.7. The number of nitrogens with one attached hydrogen (secondary N) is 1. The van der Waals surface area contributed by atoms with Gasteiger partial charge in [-0.05, 0) is 30.3 Å². The highest BCUT2D eigenvalue weighted by atomic mass is 79.9. The van der Waals surface area contributed by atoms with Gasteiger partial charge in [-0.1, -0.05) is 15.9 Å². The number of hydrogen-bond donors (Lipinski definition) is 1. The van der Waals surface area contributed by atoms with Crippen LogP contribution in [0.3, 0.4) is 0 Å². The largest absolute Gasteiger partial charge is 0.465 e. The quantitative estimate of drug-likeness (QED) is 0.746. The number of hydrogen-bond acceptors (Lipinski definition) is 4. The Morgan fingerprint density at radius 3 is 3.12 bits per heavy atom. The highest BCUT2D eigenvalue weighted by molar-refractivity contribution is 9.10. The maximum absolute atomic E-state index is 12.4. The molecule has 0 fully saturated rings. The monoisotopic (exact) mass is 389 g/mol. The number of rotatable bonds is 3. The Morgan fingerprint density at radius 1 is 1.46 bits per heavy atom. The lowest BCUT2D eigenvalue weighted by Gasteiger charge is -2.27. The van der Waals surface area contributed by atoms with E-state index in [1.807, 2.05) is 11.0 Å². The van der Waals surface area contributed by atoms with E-state index in [1.54, 1.807) is 13.0 Å². The molecule has 4 rings (SSSR count). The molecule has 1 aliphatic heterocycles. The minimum Gasteiger partial charge on any atom is -0.465 e. The van der Waals surface area contributed by atoms with Gasteiger partial charge >= 0.3 is 0 Å². The molecule has 3 aromatic rings. The molecule has 2 aromatic heterocycles. The van der Waals surface area contributed by atoms with E-state index in [2.05, 4.69) is 38.2 Å². The van der Waals surface area contributed by atoms with Crippen LogP contribution in [-0.4, -0.2) is 34.1 Å². The van der Waals surface area contributed by atoms with Crippen LogP contribution in [0.1, 0.15) is 17.0 Å². The van der Waals surface area contributed by atoms with E-state index in [4.69, 9.17) is 9.26 Å². The summed E-state index contributed by atoms with van der Waals surface area (Å²) >= 11 is 3.51. The number of aromatic nitrogens is 2. The molecule has 0 atom stereocenters. The van der Waals surface area contributed by atoms with Gasteiger partial charge in [-0.2, -0.15) is 0 Å². The van der Waals surface area contributed by atoms with Crippen LogP contribution >= 0.6 is 15.9 Å². The molecule has 124 valence electrons. The zero-order valence-electron chi connectivity index (χ0n) is 13.1. The molecule has 0 spiro atoms. The summed E-state index contributed by atoms with van der Waals surface area (Å²) in [6.07, 6.45) is 0.816. The van der Waals surface area contributed by atoms with Crippen molar-refractivity contribution < 1.29 is 14.1 Å². The van der Waals surface area contributed by atoms with Crippen LogP contribution in [0.2, 0.25) is 0 Å². The van der Waals surface area contributed by atoms with Crippen LogP contribution in [0.4, 0.5) is 0 Å². The number of aryl methyl sites for hydroxylation is 1. The summed E-state index contributed by atoms with van der Waals surface area (Å²) in [6.45, 7) is 3.02. The fourth-order valence-electron chi connectivity index (χ4n) is 3.04. The summed E-state index contributed by atoms with van der Waals surface area (Å²) in [5.41, 5.74) is 3.50. The number of fused-ring (bicyclic) bond motifs is 3. The van der Waals surface area contributed by atoms with Gasteiger partial charge in [0, 0.05) is 52.2 Å². The summed E-state index contributed by atoms with van der Waals surface area (Å²) in [5.74, 6) is 0.949. The van der Waals surface area contributed by atoms with E-state index in [0.29, 0.717) is 24.7 Å². The molecule has 0 saturated heterocycles. The van der Waals surface area contributed by atoms with Crippen LogP contribution in [-0.2, 0) is 17.8 Å². The van der Waals surface area contributed by atoms with Gasteiger partial charge in [0.1, 0.15) is 5.76 Å². The van der Waals surface area contributed by atoms with Crippen molar-refractivity contribution in [2.45, 2.75) is 19.9 Å². The van der Waals surface area contributed by atoms with Gasteiger partial charge in [0.05, 0.1) is 0 Å². The van der Waals surface area contributed by atoms with Gasteiger partial charge in [0.2, 0.25) is 0 Å². The highest BCUT2D eigenvalue weighted by Gasteiger charge is 2.24. The molecule has 1 N–H and O–H groups in total. The predicted molar refractivity (Wildman–Crippen MR) is 91.9 cm³/mol. The molecular formula is C17H16BrN3O3. The first kappa shape index (κ1) is 15.3. The van der Waals surface area contributed by atoms with Gasteiger partial charge in [-0.15, -0.1) is 0 Å². The van der Waals surface area contributed by atoms with Crippen molar-refractivity contribution in [2.24, 2.45) is 0 Å². The van der Waals surface area contributed by atoms with E-state index in [-0.39, 0.29) is 12.5 Å². The van der Waals surface area contributed by atoms with Crippen molar-refractivity contribution in [3.05, 3.63) is 45.8 Å². The van der Waals surface area contributed by atoms with Crippen molar-refractivity contribution in [1.29, 1.82) is 0 Å². The summed E-state index contributed by atoms with van der Waals surface area (Å²) in [5, 5.41) is 4.89. The number of H-pyrrole nitrogens is 1. The first-order valence-electron chi connectivity index (χ1n) is 7.73. The Bertz CT molecular complexity index is 915. The number of amides is 1. The molecule has 1 aromatic carbocycles. The third-order valence-corrected chi connectivity index (χ3v) is 4.73. The van der Waals surface area contributed by atoms with Gasteiger partial charge in [-0.3, -0.25) is 4.79 Å². The molecule has 0 saturated carbocycles. The lowest BCUT2D eigenvalue weighted by Crippen LogP contribution is -2.38. The van der Waals surface area contributed by atoms with Crippen molar-refractivity contribution in [3.8, 4) is 5.88 Å². The second-order valence-electron chi connectivity index (χ2n) is 5.90. The molecular weight excluding hydrogens is 374 g/mol. The number of aromatic amines is 1. The first-order valence-corrected chi connectivity index (χ1v) is 8.52. The number of carbonyl (C=O) groups is 1. The standard InChI is InChI=1S/C17H16BrN3O3/c1-10-6-16(20-24-10)23-9-17(22)21-5-4-15-13(8-21)12-7-11(18)2-3-14(12)19-15/h2-3,6-7,19H,4-5,8-9H2,1H3. The smallest absolute Gasteiger partial charge is 0.260 e. The number of carbonyl (C=O) groups excluding carboxylic acids is 1. The zero-order valence-corrected chi connectivity index (χ0v) is 14.7. The molecule has 0 radical (unpaired) electrons. The third-order valence-electron chi connectivity index (χ3n) is 4.24. The Morgan fingerprint density at radius 2 is 2.33 bits per heavy atom. The summed E-state index contributed by atoms with van der Waals surface area (Å²) in [7, 11) is 0. The highest BCUT2D eigenvalue weighted by Crippen LogP contribution is 2.29. The van der Waals surface area contributed by atoms with Gasteiger partial charge in [-0.25, -0.2) is 0 Å². The summed E-state index contributed by atoms with van der Waals surface area (Å²) in [6, 6.07) is 7.83. The van der Waals surface area contributed by atoms with E-state index in [0.717, 1.165) is 21.8 Å². The van der Waals surface area contributed by atoms with Gasteiger partial charge in [0.25, 0.3) is 11.8 Å². The lowest BCUT2D eigenvalue weighted by molar-refractivity contribution is -0.134. The Labute approximate surface area is 146 Å². The van der Waals surface area contributed by atoms with Crippen molar-refractivity contribution in [1.82, 2.24) is 15.0 Å². The number of benzene rings is 1. The van der Waals surface area contributed by atoms with Crippen LogP contribution in [0.5, 0.6) is 5.88 Å². The van der Waals surface area contributed by atoms with Gasteiger partial charge in [0.15, 0.2) is 6.61 Å². The average Bonchev–Trinajstić information content (AvgIpc) is 3.15. The van der Waals surface area contributed by atoms with E-state index < -0.39 is 0 Å². The molecule has 1 aliphatic rings. The lowest BCUT2D eigenvalue weighted by atomic mass is 10.0. The molecule has 7 heteroatoms. The number of ether oxygens (including phenoxy) is 1. The molecule has 1 amide bonds. The Kier molecular flexibility index (Phi) is 3.80. The fourth-order valence-corrected chi connectivity index (χ4v) is 3.40. The molecule has 6 nitrogen and oxygen atoms in total. The SMILES string of the molecule is Cc1cc(OCC(=O)N2CCc3[nH]c4ccc(Br)cc4c3C2)no1. The van der Waals surface area contributed by atoms with Crippen molar-refractivity contribution >= 4 is 32.7 Å². The fraction of sp³-hybridized carbons (Fsp3) is 0.294. The third kappa shape index (κ3) is 2.80. The van der Waals surface area contributed by atoms with Crippen LogP contribution < -0.4 is 4.74 Å². The molecule has 3 heterocycles. The van der Waals surface area contributed by atoms with E-state index >= 15 is 0 Å². The molecule has 24 heavy (non-hydrogen) atoms.